The third-order valence-electron chi connectivity index (χ3n) is 3.66. The summed E-state index contributed by atoms with van der Waals surface area (Å²) in [5.41, 5.74) is 5.34. The summed E-state index contributed by atoms with van der Waals surface area (Å²) in [6, 6.07) is 17.5. The Morgan fingerprint density at radius 1 is 0.842 bits per heavy atom. The molecule has 0 aliphatic carbocycles. The second-order valence-electron chi connectivity index (χ2n) is 6.07. The maximum absolute atomic E-state index is 3.27. The zero-order chi connectivity index (χ0) is 13.5. The number of aromatic nitrogens is 1. The molecule has 0 aliphatic heterocycles. The van der Waals surface area contributed by atoms with Gasteiger partial charge in [0.15, 0.2) is 0 Å². The first-order valence-electron chi connectivity index (χ1n) is 6.73. The Hall–Kier alpha value is -2.02. The maximum Gasteiger partial charge on any atom is 0.0460 e. The molecule has 0 bridgehead atoms. The first kappa shape index (κ1) is 12.0. The number of H-pyrrole nitrogens is 1. The Morgan fingerprint density at radius 3 is 2.26 bits per heavy atom. The molecule has 0 aliphatic rings. The zero-order valence-electron chi connectivity index (χ0n) is 11.7. The normalized spacial score (nSPS) is 11.9. The summed E-state index contributed by atoms with van der Waals surface area (Å²) in [6.45, 7) is 6.73. The van der Waals surface area contributed by atoms with Gasteiger partial charge in [-0.05, 0) is 34.2 Å². The van der Waals surface area contributed by atoms with Crippen molar-refractivity contribution in [1.29, 1.82) is 0 Å². The molecule has 0 fully saturated rings. The second kappa shape index (κ2) is 4.27. The van der Waals surface area contributed by atoms with Gasteiger partial charge < -0.3 is 4.98 Å². The SMILES string of the molecule is CC(C)(C)c1ccc(-c2cccc3[nH]ccc23)cc1. The molecule has 3 rings (SSSR count). The van der Waals surface area contributed by atoms with Crippen LogP contribution in [0.5, 0.6) is 0 Å². The van der Waals surface area contributed by atoms with Gasteiger partial charge in [-0.1, -0.05) is 57.2 Å². The van der Waals surface area contributed by atoms with Crippen LogP contribution in [0.25, 0.3) is 22.0 Å². The minimum absolute atomic E-state index is 0.207. The lowest BCUT2D eigenvalue weighted by atomic mass is 9.86. The van der Waals surface area contributed by atoms with Crippen molar-refractivity contribution < 1.29 is 0 Å². The van der Waals surface area contributed by atoms with Crippen molar-refractivity contribution in [2.45, 2.75) is 26.2 Å². The van der Waals surface area contributed by atoms with Crippen molar-refractivity contribution in [2.24, 2.45) is 0 Å². The Labute approximate surface area is 114 Å². The first-order valence-corrected chi connectivity index (χ1v) is 6.73. The third kappa shape index (κ3) is 2.17. The van der Waals surface area contributed by atoms with Crippen LogP contribution in [0.3, 0.4) is 0 Å². The molecule has 0 unspecified atom stereocenters. The van der Waals surface area contributed by atoms with Gasteiger partial charge in [0.25, 0.3) is 0 Å². The summed E-state index contributed by atoms with van der Waals surface area (Å²) in [6.07, 6.45) is 2.00. The number of fused-ring (bicyclic) bond motifs is 1. The number of aromatic amines is 1. The van der Waals surface area contributed by atoms with Crippen LogP contribution in [0.1, 0.15) is 26.3 Å². The lowest BCUT2D eigenvalue weighted by Gasteiger charge is -2.19. The van der Waals surface area contributed by atoms with E-state index in [0.717, 1.165) is 0 Å². The fourth-order valence-electron chi connectivity index (χ4n) is 2.49. The molecular weight excluding hydrogens is 230 g/mol. The summed E-state index contributed by atoms with van der Waals surface area (Å²) in [5.74, 6) is 0. The largest absolute Gasteiger partial charge is 0.361 e. The molecule has 1 heterocycles. The monoisotopic (exact) mass is 249 g/mol. The molecule has 96 valence electrons. The van der Waals surface area contributed by atoms with Crippen molar-refractivity contribution in [1.82, 2.24) is 4.98 Å². The lowest BCUT2D eigenvalue weighted by Crippen LogP contribution is -2.10. The van der Waals surface area contributed by atoms with Crippen molar-refractivity contribution in [3.8, 4) is 11.1 Å². The smallest absolute Gasteiger partial charge is 0.0460 e. The minimum atomic E-state index is 0.207. The van der Waals surface area contributed by atoms with Crippen LogP contribution in [-0.4, -0.2) is 4.98 Å². The molecule has 1 nitrogen and oxygen atoms in total. The molecule has 1 N–H and O–H groups in total. The van der Waals surface area contributed by atoms with E-state index in [1.165, 1.54) is 27.6 Å². The molecular formula is C18H19N. The fourth-order valence-corrected chi connectivity index (χ4v) is 2.49. The van der Waals surface area contributed by atoms with E-state index in [2.05, 4.69) is 74.3 Å². The van der Waals surface area contributed by atoms with Gasteiger partial charge in [-0.3, -0.25) is 0 Å². The number of hydrogen-bond acceptors (Lipinski definition) is 0. The summed E-state index contributed by atoms with van der Waals surface area (Å²) < 4.78 is 0. The van der Waals surface area contributed by atoms with Crippen LogP contribution in [0, 0.1) is 0 Å². The van der Waals surface area contributed by atoms with Gasteiger partial charge in [-0.25, -0.2) is 0 Å². The van der Waals surface area contributed by atoms with Gasteiger partial charge in [0, 0.05) is 17.1 Å². The molecule has 0 saturated heterocycles. The Balaban J connectivity index is 2.10. The van der Waals surface area contributed by atoms with Gasteiger partial charge >= 0.3 is 0 Å². The molecule has 0 spiro atoms. The highest BCUT2D eigenvalue weighted by atomic mass is 14.7. The van der Waals surface area contributed by atoms with E-state index in [1.807, 2.05) is 6.20 Å². The predicted octanol–water partition coefficient (Wildman–Crippen LogP) is 5.13. The third-order valence-corrected chi connectivity index (χ3v) is 3.66. The predicted molar refractivity (Wildman–Crippen MR) is 82.4 cm³/mol. The van der Waals surface area contributed by atoms with Crippen LogP contribution in [-0.2, 0) is 5.41 Å². The molecule has 2 aromatic carbocycles. The van der Waals surface area contributed by atoms with Gasteiger partial charge in [-0.15, -0.1) is 0 Å². The molecule has 0 radical (unpaired) electrons. The van der Waals surface area contributed by atoms with Crippen LogP contribution >= 0.6 is 0 Å². The van der Waals surface area contributed by atoms with E-state index in [0.29, 0.717) is 0 Å². The molecule has 0 amide bonds. The molecule has 19 heavy (non-hydrogen) atoms. The quantitative estimate of drug-likeness (QED) is 0.615. The maximum atomic E-state index is 3.27. The van der Waals surface area contributed by atoms with Crippen LogP contribution in [0.2, 0.25) is 0 Å². The van der Waals surface area contributed by atoms with Crippen LogP contribution in [0.15, 0.2) is 54.7 Å². The highest BCUT2D eigenvalue weighted by Gasteiger charge is 2.13. The standard InChI is InChI=1S/C18H19N/c1-18(2,3)14-9-7-13(8-10-14)15-5-4-6-17-16(15)11-12-19-17/h4-12,19H,1-3H3. The summed E-state index contributed by atoms with van der Waals surface area (Å²) in [7, 11) is 0. The van der Waals surface area contributed by atoms with Gasteiger partial charge in [-0.2, -0.15) is 0 Å². The molecule has 0 atom stereocenters. The Bertz CT molecular complexity index is 696. The van der Waals surface area contributed by atoms with Crippen molar-refractivity contribution in [3.63, 3.8) is 0 Å². The number of nitrogens with one attached hydrogen (secondary N) is 1. The van der Waals surface area contributed by atoms with E-state index < -0.39 is 0 Å². The van der Waals surface area contributed by atoms with Gasteiger partial charge in [0.05, 0.1) is 0 Å². The molecule has 1 heteroatoms. The van der Waals surface area contributed by atoms with Crippen molar-refractivity contribution in [3.05, 3.63) is 60.3 Å². The fraction of sp³-hybridized carbons (Fsp3) is 0.222. The van der Waals surface area contributed by atoms with Crippen molar-refractivity contribution >= 4 is 10.9 Å². The van der Waals surface area contributed by atoms with E-state index >= 15 is 0 Å². The number of rotatable bonds is 1. The average Bonchev–Trinajstić information content (AvgIpc) is 2.86. The minimum Gasteiger partial charge on any atom is -0.361 e. The van der Waals surface area contributed by atoms with E-state index in [-0.39, 0.29) is 5.41 Å². The highest BCUT2D eigenvalue weighted by molar-refractivity contribution is 5.95. The number of benzene rings is 2. The van der Waals surface area contributed by atoms with Gasteiger partial charge in [0.1, 0.15) is 0 Å². The topological polar surface area (TPSA) is 15.8 Å². The van der Waals surface area contributed by atoms with E-state index in [9.17, 15) is 0 Å². The summed E-state index contributed by atoms with van der Waals surface area (Å²) in [4.78, 5) is 3.27. The molecule has 3 aromatic rings. The summed E-state index contributed by atoms with van der Waals surface area (Å²) >= 11 is 0. The van der Waals surface area contributed by atoms with Crippen molar-refractivity contribution in [2.75, 3.05) is 0 Å². The second-order valence-corrected chi connectivity index (χ2v) is 6.07. The highest BCUT2D eigenvalue weighted by Crippen LogP contribution is 2.30. The van der Waals surface area contributed by atoms with E-state index in [4.69, 9.17) is 0 Å². The van der Waals surface area contributed by atoms with Crippen LogP contribution < -0.4 is 0 Å². The van der Waals surface area contributed by atoms with Crippen LogP contribution in [0.4, 0.5) is 0 Å². The molecule has 1 aromatic heterocycles. The van der Waals surface area contributed by atoms with Gasteiger partial charge in [0.2, 0.25) is 0 Å². The zero-order valence-corrected chi connectivity index (χ0v) is 11.7. The lowest BCUT2D eigenvalue weighted by molar-refractivity contribution is 0.590. The average molecular weight is 249 g/mol. The van der Waals surface area contributed by atoms with E-state index in [1.54, 1.807) is 0 Å². The number of hydrogen-bond donors (Lipinski definition) is 1. The Morgan fingerprint density at radius 2 is 1.58 bits per heavy atom. The first-order chi connectivity index (χ1) is 9.05. The molecule has 0 saturated carbocycles. The summed E-state index contributed by atoms with van der Waals surface area (Å²) in [5, 5.41) is 1.28. The Kier molecular flexibility index (Phi) is 2.70.